The number of carboxylic acids is 1. The summed E-state index contributed by atoms with van der Waals surface area (Å²) in [4.78, 5) is 59.5. The van der Waals surface area contributed by atoms with Gasteiger partial charge in [-0.3, -0.25) is 19.2 Å². The van der Waals surface area contributed by atoms with Crippen LogP contribution in [0.25, 0.3) is 0 Å². The summed E-state index contributed by atoms with van der Waals surface area (Å²) in [5.74, 6) is -3.95. The maximum atomic E-state index is 12.2. The molecular weight excluding hydrogens is 475 g/mol. The highest BCUT2D eigenvalue weighted by molar-refractivity contribution is 6.36. The van der Waals surface area contributed by atoms with Crippen LogP contribution in [0.3, 0.4) is 0 Å². The molecule has 3 atom stereocenters. The van der Waals surface area contributed by atoms with E-state index in [9.17, 15) is 29.1 Å². The summed E-state index contributed by atoms with van der Waals surface area (Å²) in [6.07, 6.45) is -1.54. The van der Waals surface area contributed by atoms with Crippen molar-refractivity contribution in [1.29, 1.82) is 5.41 Å². The molecule has 1 saturated carbocycles. The fourth-order valence-electron chi connectivity index (χ4n) is 3.44. The van der Waals surface area contributed by atoms with Gasteiger partial charge in [0, 0.05) is 47.4 Å². The SMILES string of the molecule is C[C@@H](OC(=O)CC(=N)CC(=O)Cc1c(Cl)cccc1Cl)[C@H](NC(=O)[C@@H]1CCC(=O)C1)C(=O)O. The molecule has 0 heterocycles. The van der Waals surface area contributed by atoms with Crippen LogP contribution in [0.2, 0.25) is 10.0 Å². The lowest BCUT2D eigenvalue weighted by atomic mass is 10.0. The number of carboxylic acid groups (broad SMARTS) is 1. The van der Waals surface area contributed by atoms with Crippen LogP contribution in [0.4, 0.5) is 0 Å². The average Bonchev–Trinajstić information content (AvgIpc) is 3.14. The van der Waals surface area contributed by atoms with Crippen molar-refractivity contribution in [2.75, 3.05) is 0 Å². The lowest BCUT2D eigenvalue weighted by Gasteiger charge is -2.23. The molecule has 1 amide bonds. The van der Waals surface area contributed by atoms with Crippen LogP contribution in [0.5, 0.6) is 0 Å². The highest BCUT2D eigenvalue weighted by Gasteiger charge is 2.34. The molecule has 0 radical (unpaired) electrons. The average molecular weight is 499 g/mol. The first kappa shape index (κ1) is 26.5. The minimum atomic E-state index is -1.52. The zero-order valence-corrected chi connectivity index (χ0v) is 19.4. The number of carbonyl (C=O) groups is 5. The minimum Gasteiger partial charge on any atom is -0.480 e. The number of aliphatic carboxylic acids is 1. The van der Waals surface area contributed by atoms with Crippen molar-refractivity contribution < 1.29 is 33.8 Å². The molecule has 33 heavy (non-hydrogen) atoms. The Bertz CT molecular complexity index is 959. The largest absolute Gasteiger partial charge is 0.480 e. The van der Waals surface area contributed by atoms with Crippen molar-refractivity contribution >= 4 is 58.3 Å². The maximum absolute atomic E-state index is 12.2. The first-order chi connectivity index (χ1) is 15.5. The molecular formula is C22H24Cl2N2O7. The van der Waals surface area contributed by atoms with Gasteiger partial charge in [-0.25, -0.2) is 4.79 Å². The van der Waals surface area contributed by atoms with E-state index in [4.69, 9.17) is 33.3 Å². The molecule has 3 N–H and O–H groups in total. The van der Waals surface area contributed by atoms with E-state index in [0.29, 0.717) is 22.0 Å². The van der Waals surface area contributed by atoms with Gasteiger partial charge in [0.1, 0.15) is 17.7 Å². The molecule has 1 aromatic carbocycles. The number of benzene rings is 1. The Balaban J connectivity index is 1.86. The van der Waals surface area contributed by atoms with E-state index < -0.39 is 42.3 Å². The monoisotopic (exact) mass is 498 g/mol. The number of hydrogen-bond donors (Lipinski definition) is 3. The molecule has 0 spiro atoms. The van der Waals surface area contributed by atoms with Gasteiger partial charge in [0.05, 0.1) is 6.42 Å². The van der Waals surface area contributed by atoms with Gasteiger partial charge in [-0.15, -0.1) is 0 Å². The molecule has 1 aliphatic rings. The molecule has 1 aromatic rings. The molecule has 0 aromatic heterocycles. The highest BCUT2D eigenvalue weighted by atomic mass is 35.5. The number of ketones is 2. The van der Waals surface area contributed by atoms with Crippen LogP contribution in [0.15, 0.2) is 18.2 Å². The molecule has 1 aliphatic carbocycles. The standard InChI is InChI=1S/C22H24Cl2N2O7/c1-11(20(22(31)32)26-21(30)12-5-6-14(27)7-12)33-19(29)9-13(25)8-15(28)10-16-17(23)3-2-4-18(16)24/h2-4,11-12,20,25H,5-10H2,1H3,(H,26,30)(H,31,32)/t11-,12-,20+/m1/s1. The number of nitrogens with one attached hydrogen (secondary N) is 2. The Labute approximate surface area is 200 Å². The molecule has 11 heteroatoms. The van der Waals surface area contributed by atoms with E-state index in [1.54, 1.807) is 18.2 Å². The summed E-state index contributed by atoms with van der Waals surface area (Å²) >= 11 is 12.1. The molecule has 0 saturated heterocycles. The maximum Gasteiger partial charge on any atom is 0.330 e. The van der Waals surface area contributed by atoms with E-state index in [-0.39, 0.29) is 43.0 Å². The first-order valence-corrected chi connectivity index (χ1v) is 11.0. The predicted octanol–water partition coefficient (Wildman–Crippen LogP) is 2.78. The van der Waals surface area contributed by atoms with Gasteiger partial charge in [0.2, 0.25) is 5.91 Å². The smallest absolute Gasteiger partial charge is 0.330 e. The second-order valence-electron chi connectivity index (χ2n) is 7.87. The van der Waals surface area contributed by atoms with Crippen LogP contribution < -0.4 is 5.32 Å². The molecule has 178 valence electrons. The predicted molar refractivity (Wildman–Crippen MR) is 120 cm³/mol. The van der Waals surface area contributed by atoms with Gasteiger partial charge >= 0.3 is 11.9 Å². The van der Waals surface area contributed by atoms with E-state index in [2.05, 4.69) is 5.32 Å². The van der Waals surface area contributed by atoms with Crippen molar-refractivity contribution in [2.45, 2.75) is 57.6 Å². The number of Topliss-reactive ketones (excluding diaryl/α,β-unsaturated/α-hetero) is 2. The summed E-state index contributed by atoms with van der Waals surface area (Å²) in [6, 6.07) is 3.29. The van der Waals surface area contributed by atoms with Crippen molar-refractivity contribution in [3.05, 3.63) is 33.8 Å². The summed E-state index contributed by atoms with van der Waals surface area (Å²) in [6.45, 7) is 1.30. The number of carbonyl (C=O) groups excluding carboxylic acids is 4. The van der Waals surface area contributed by atoms with Crippen molar-refractivity contribution in [3.8, 4) is 0 Å². The summed E-state index contributed by atoms with van der Waals surface area (Å²) in [5, 5.41) is 20.2. The molecule has 2 rings (SSSR count). The topological polar surface area (TPSA) is 151 Å². The molecule has 0 aliphatic heterocycles. The third-order valence-electron chi connectivity index (χ3n) is 5.17. The Morgan fingerprint density at radius 3 is 2.39 bits per heavy atom. The highest BCUT2D eigenvalue weighted by Crippen LogP contribution is 2.25. The zero-order valence-electron chi connectivity index (χ0n) is 17.9. The third kappa shape index (κ3) is 7.94. The van der Waals surface area contributed by atoms with Crippen LogP contribution in [0, 0.1) is 11.3 Å². The number of rotatable bonds is 11. The first-order valence-electron chi connectivity index (χ1n) is 10.2. The molecule has 0 unspecified atom stereocenters. The summed E-state index contributed by atoms with van der Waals surface area (Å²) in [7, 11) is 0. The van der Waals surface area contributed by atoms with Gasteiger partial charge in [-0.05, 0) is 31.0 Å². The quantitative estimate of drug-likeness (QED) is 0.313. The molecule has 1 fully saturated rings. The van der Waals surface area contributed by atoms with Gasteiger partial charge in [-0.2, -0.15) is 0 Å². The Morgan fingerprint density at radius 1 is 1.21 bits per heavy atom. The normalized spacial score (nSPS) is 17.2. The van der Waals surface area contributed by atoms with Crippen LogP contribution in [-0.2, 0) is 35.1 Å². The Kier molecular flexibility index (Phi) is 9.55. The van der Waals surface area contributed by atoms with E-state index >= 15 is 0 Å². The van der Waals surface area contributed by atoms with Gasteiger partial charge in [0.25, 0.3) is 0 Å². The van der Waals surface area contributed by atoms with E-state index in [0.717, 1.165) is 0 Å². The number of halogens is 2. The second kappa shape index (κ2) is 11.9. The van der Waals surface area contributed by atoms with Gasteiger partial charge < -0.3 is 20.6 Å². The Morgan fingerprint density at radius 2 is 1.85 bits per heavy atom. The number of esters is 1. The lowest BCUT2D eigenvalue weighted by Crippen LogP contribution is -2.50. The van der Waals surface area contributed by atoms with Crippen LogP contribution in [0.1, 0.15) is 44.6 Å². The number of amides is 1. The molecule has 9 nitrogen and oxygen atoms in total. The second-order valence-corrected chi connectivity index (χ2v) is 8.69. The summed E-state index contributed by atoms with van der Waals surface area (Å²) < 4.78 is 5.07. The lowest BCUT2D eigenvalue weighted by molar-refractivity contribution is -0.155. The van der Waals surface area contributed by atoms with Crippen LogP contribution >= 0.6 is 23.2 Å². The number of ether oxygens (including phenoxy) is 1. The zero-order chi connectivity index (χ0) is 24.7. The van der Waals surface area contributed by atoms with E-state index in [1.165, 1.54) is 6.92 Å². The molecule has 0 bridgehead atoms. The van der Waals surface area contributed by atoms with E-state index in [1.807, 2.05) is 0 Å². The fourth-order valence-corrected chi connectivity index (χ4v) is 3.97. The third-order valence-corrected chi connectivity index (χ3v) is 5.88. The van der Waals surface area contributed by atoms with Crippen molar-refractivity contribution in [3.63, 3.8) is 0 Å². The van der Waals surface area contributed by atoms with Gasteiger partial charge in [-0.1, -0.05) is 29.3 Å². The van der Waals surface area contributed by atoms with Gasteiger partial charge in [0.15, 0.2) is 6.04 Å². The van der Waals surface area contributed by atoms with Crippen molar-refractivity contribution in [1.82, 2.24) is 5.32 Å². The Hall–Kier alpha value is -2.78. The summed E-state index contributed by atoms with van der Waals surface area (Å²) in [5.41, 5.74) is 0.208. The van der Waals surface area contributed by atoms with Crippen molar-refractivity contribution in [2.24, 2.45) is 5.92 Å². The fraction of sp³-hybridized carbons (Fsp3) is 0.455. The minimum absolute atomic E-state index is 0.0525. The van der Waals surface area contributed by atoms with Crippen LogP contribution in [-0.4, -0.2) is 52.4 Å². The number of hydrogen-bond acceptors (Lipinski definition) is 7.